The number of aromatic nitrogens is 1. The minimum absolute atomic E-state index is 0.0170. The van der Waals surface area contributed by atoms with Crippen LogP contribution < -0.4 is 5.32 Å². The van der Waals surface area contributed by atoms with Crippen molar-refractivity contribution in [3.63, 3.8) is 0 Å². The third-order valence-corrected chi connectivity index (χ3v) is 4.79. The number of hydrogen-bond acceptors (Lipinski definition) is 3. The summed E-state index contributed by atoms with van der Waals surface area (Å²) in [6.45, 7) is 5.03. The van der Waals surface area contributed by atoms with E-state index in [1.807, 2.05) is 0 Å². The van der Waals surface area contributed by atoms with E-state index in [1.165, 1.54) is 11.3 Å². The molecule has 26 heavy (non-hydrogen) atoms. The van der Waals surface area contributed by atoms with Crippen LogP contribution in [0.1, 0.15) is 50.0 Å². The quantitative estimate of drug-likeness (QED) is 0.717. The van der Waals surface area contributed by atoms with E-state index in [1.54, 1.807) is 20.8 Å². The molecule has 0 bridgehead atoms. The number of amides is 1. The average molecular weight is 396 g/mol. The van der Waals surface area contributed by atoms with E-state index >= 15 is 0 Å². The number of benzene rings is 1. The smallest absolute Gasteiger partial charge is 0.345 e. The molecule has 142 valence electrons. The third-order valence-electron chi connectivity index (χ3n) is 3.53. The predicted molar refractivity (Wildman–Crippen MR) is 83.9 cm³/mol. The molecule has 0 aliphatic carbocycles. The Morgan fingerprint density at radius 3 is 1.92 bits per heavy atom. The molecule has 0 aliphatic rings. The van der Waals surface area contributed by atoms with Gasteiger partial charge in [0, 0.05) is 10.4 Å². The second-order valence-electron chi connectivity index (χ2n) is 5.67. The lowest BCUT2D eigenvalue weighted by Gasteiger charge is -2.16. The molecule has 0 aliphatic heterocycles. The predicted octanol–water partition coefficient (Wildman–Crippen LogP) is 5.29. The summed E-state index contributed by atoms with van der Waals surface area (Å²) in [4.78, 5) is 17.1. The van der Waals surface area contributed by atoms with E-state index in [-0.39, 0.29) is 6.07 Å². The summed E-state index contributed by atoms with van der Waals surface area (Å²) in [5, 5.41) is 3.15. The highest BCUT2D eigenvalue weighted by Crippen LogP contribution is 2.36. The molecule has 1 amide bonds. The molecule has 0 saturated carbocycles. The van der Waals surface area contributed by atoms with Gasteiger partial charge in [-0.3, -0.25) is 4.79 Å². The van der Waals surface area contributed by atoms with Crippen molar-refractivity contribution >= 4 is 17.2 Å². The third kappa shape index (κ3) is 4.54. The topological polar surface area (TPSA) is 42.0 Å². The summed E-state index contributed by atoms with van der Waals surface area (Å²) in [5.41, 5.74) is -3.14. The van der Waals surface area contributed by atoms with Crippen LogP contribution in [-0.2, 0) is 12.4 Å². The van der Waals surface area contributed by atoms with Crippen molar-refractivity contribution in [3.8, 4) is 0 Å². The maximum absolute atomic E-state index is 12.9. The van der Waals surface area contributed by atoms with Crippen LogP contribution in [0.15, 0.2) is 18.2 Å². The molecule has 1 aromatic carbocycles. The average Bonchev–Trinajstić information content (AvgIpc) is 2.83. The van der Waals surface area contributed by atoms with E-state index in [4.69, 9.17) is 0 Å². The van der Waals surface area contributed by atoms with E-state index in [0.29, 0.717) is 22.7 Å². The summed E-state index contributed by atoms with van der Waals surface area (Å²) >= 11 is 1.29. The molecule has 0 radical (unpaired) electrons. The molecule has 0 fully saturated rings. The Bertz CT molecular complexity index is 793. The van der Waals surface area contributed by atoms with Crippen LogP contribution >= 0.6 is 11.3 Å². The Balaban J connectivity index is 2.37. The fourth-order valence-electron chi connectivity index (χ4n) is 2.38. The van der Waals surface area contributed by atoms with Crippen molar-refractivity contribution in [2.75, 3.05) is 0 Å². The van der Waals surface area contributed by atoms with Crippen molar-refractivity contribution in [3.05, 3.63) is 50.5 Å². The molecular weight excluding hydrogens is 382 g/mol. The summed E-state index contributed by atoms with van der Waals surface area (Å²) in [5.74, 6) is -1.03. The number of carbonyl (C=O) groups excluding carboxylic acids is 1. The van der Waals surface area contributed by atoms with Gasteiger partial charge < -0.3 is 5.32 Å². The first kappa shape index (κ1) is 20.2. The van der Waals surface area contributed by atoms with Crippen LogP contribution in [0.3, 0.4) is 0 Å². The maximum atomic E-state index is 12.9. The largest absolute Gasteiger partial charge is 0.416 e. The molecule has 2 rings (SSSR count). The van der Waals surface area contributed by atoms with Gasteiger partial charge >= 0.3 is 12.4 Å². The van der Waals surface area contributed by atoms with Crippen LogP contribution in [0.5, 0.6) is 0 Å². The number of carbonyl (C=O) groups is 1. The molecule has 0 saturated heterocycles. The highest BCUT2D eigenvalue weighted by Gasteiger charge is 2.37. The Morgan fingerprint density at radius 1 is 1.04 bits per heavy atom. The van der Waals surface area contributed by atoms with E-state index in [9.17, 15) is 31.1 Å². The van der Waals surface area contributed by atoms with Gasteiger partial charge in [0.05, 0.1) is 27.9 Å². The summed E-state index contributed by atoms with van der Waals surface area (Å²) in [6.07, 6.45) is -10.0. The number of rotatable bonds is 3. The van der Waals surface area contributed by atoms with E-state index in [0.717, 1.165) is 5.01 Å². The number of nitrogens with zero attached hydrogens (tertiary/aromatic N) is 1. The fourth-order valence-corrected chi connectivity index (χ4v) is 3.31. The fraction of sp³-hybridized carbons (Fsp3) is 0.375. The highest BCUT2D eigenvalue weighted by molar-refractivity contribution is 7.11. The minimum Gasteiger partial charge on any atom is -0.345 e. The molecule has 1 N–H and O–H groups in total. The Morgan fingerprint density at radius 2 is 1.54 bits per heavy atom. The van der Waals surface area contributed by atoms with Crippen LogP contribution in [0.2, 0.25) is 0 Å². The summed E-state index contributed by atoms with van der Waals surface area (Å²) in [7, 11) is 0. The van der Waals surface area contributed by atoms with Gasteiger partial charge in [0.1, 0.15) is 0 Å². The first-order valence-corrected chi connectivity index (χ1v) is 8.15. The standard InChI is InChI=1S/C16H14F6N2OS/c1-7-13(26-9(3)23-7)8(2)24-14(25)10-4-11(15(17,18)19)6-12(5-10)16(20,21)22/h4-6,8H,1-3H3,(H,24,25)/t8-/m1/s1. The molecule has 10 heteroatoms. The number of nitrogens with one attached hydrogen (secondary N) is 1. The lowest BCUT2D eigenvalue weighted by molar-refractivity contribution is -0.143. The normalized spacial score (nSPS) is 13.6. The lowest BCUT2D eigenvalue weighted by Crippen LogP contribution is -2.27. The molecule has 1 aromatic heterocycles. The molecule has 1 heterocycles. The van der Waals surface area contributed by atoms with Crippen molar-refractivity contribution in [1.82, 2.24) is 10.3 Å². The number of thiazole rings is 1. The molecule has 3 nitrogen and oxygen atoms in total. The van der Waals surface area contributed by atoms with Crippen LogP contribution in [0, 0.1) is 13.8 Å². The first-order valence-electron chi connectivity index (χ1n) is 7.33. The van der Waals surface area contributed by atoms with Crippen molar-refractivity contribution in [2.45, 2.75) is 39.2 Å². The van der Waals surface area contributed by atoms with Gasteiger partial charge in [-0.05, 0) is 39.0 Å². The van der Waals surface area contributed by atoms with Gasteiger partial charge in [-0.2, -0.15) is 26.3 Å². The zero-order valence-electron chi connectivity index (χ0n) is 13.8. The van der Waals surface area contributed by atoms with Gasteiger partial charge in [0.2, 0.25) is 0 Å². The molecule has 2 aromatic rings. The first-order chi connectivity index (χ1) is 11.8. The zero-order valence-corrected chi connectivity index (χ0v) is 14.7. The van der Waals surface area contributed by atoms with E-state index < -0.39 is 41.0 Å². The summed E-state index contributed by atoms with van der Waals surface area (Å²) < 4.78 is 77.3. The number of hydrogen-bond donors (Lipinski definition) is 1. The minimum atomic E-state index is -5.01. The van der Waals surface area contributed by atoms with Crippen molar-refractivity contribution in [1.29, 1.82) is 0 Å². The van der Waals surface area contributed by atoms with Crippen molar-refractivity contribution < 1.29 is 31.1 Å². The molecule has 0 spiro atoms. The maximum Gasteiger partial charge on any atom is 0.416 e. The van der Waals surface area contributed by atoms with Crippen LogP contribution in [0.4, 0.5) is 26.3 Å². The van der Waals surface area contributed by atoms with Gasteiger partial charge in [-0.15, -0.1) is 11.3 Å². The van der Waals surface area contributed by atoms with Crippen LogP contribution in [0.25, 0.3) is 0 Å². The Labute approximate surface area is 149 Å². The van der Waals surface area contributed by atoms with Gasteiger partial charge in [-0.1, -0.05) is 0 Å². The Kier molecular flexibility index (Phi) is 5.36. The molecular formula is C16H14F6N2OS. The Hall–Kier alpha value is -2.10. The van der Waals surface area contributed by atoms with Gasteiger partial charge in [-0.25, -0.2) is 4.98 Å². The summed E-state index contributed by atoms with van der Waals surface area (Å²) in [6, 6.07) is 0.179. The second kappa shape index (κ2) is 6.90. The number of aryl methyl sites for hydroxylation is 2. The van der Waals surface area contributed by atoms with E-state index in [2.05, 4.69) is 10.3 Å². The monoisotopic (exact) mass is 396 g/mol. The van der Waals surface area contributed by atoms with Crippen molar-refractivity contribution in [2.24, 2.45) is 0 Å². The van der Waals surface area contributed by atoms with Gasteiger partial charge in [0.25, 0.3) is 5.91 Å². The number of halogens is 6. The lowest BCUT2D eigenvalue weighted by atomic mass is 10.0. The van der Waals surface area contributed by atoms with Gasteiger partial charge in [0.15, 0.2) is 0 Å². The molecule has 1 atom stereocenters. The SMILES string of the molecule is Cc1nc(C)c([C@@H](C)NC(=O)c2cc(C(F)(F)F)cc(C(F)(F)F)c2)s1. The highest BCUT2D eigenvalue weighted by atomic mass is 32.1. The second-order valence-corrected chi connectivity index (χ2v) is 6.91. The molecule has 0 unspecified atom stereocenters. The zero-order chi connectivity index (χ0) is 19.9. The van der Waals surface area contributed by atoms with Crippen LogP contribution in [-0.4, -0.2) is 10.9 Å². The number of alkyl halides is 6.